The Morgan fingerprint density at radius 3 is 2.30 bits per heavy atom. The summed E-state index contributed by atoms with van der Waals surface area (Å²) in [6, 6.07) is 17.6. The van der Waals surface area contributed by atoms with E-state index in [1.807, 2.05) is 0 Å². The Hall–Kier alpha value is -3.39. The second-order valence-electron chi connectivity index (χ2n) is 6.61. The summed E-state index contributed by atoms with van der Waals surface area (Å²) in [6.07, 6.45) is 0. The van der Waals surface area contributed by atoms with Crippen molar-refractivity contribution < 1.29 is 22.3 Å². The van der Waals surface area contributed by atoms with Crippen molar-refractivity contribution in [3.05, 3.63) is 89.7 Å². The molecule has 1 amide bonds. The number of hydrogen-bond acceptors (Lipinski definition) is 4. The number of sulfonamides is 1. The van der Waals surface area contributed by atoms with E-state index in [4.69, 9.17) is 4.74 Å². The third-order valence-electron chi connectivity index (χ3n) is 4.46. The predicted molar refractivity (Wildman–Crippen MR) is 113 cm³/mol. The summed E-state index contributed by atoms with van der Waals surface area (Å²) in [7, 11) is -2.33. The number of ether oxygens (including phenoxy) is 1. The van der Waals surface area contributed by atoms with Gasteiger partial charge in [0.15, 0.2) is 0 Å². The van der Waals surface area contributed by atoms with Gasteiger partial charge < -0.3 is 10.1 Å². The first-order valence-electron chi connectivity index (χ1n) is 9.12. The summed E-state index contributed by atoms with van der Waals surface area (Å²) in [5.74, 6) is -0.186. The van der Waals surface area contributed by atoms with Crippen LogP contribution < -0.4 is 14.8 Å². The number of anilines is 1. The van der Waals surface area contributed by atoms with Crippen molar-refractivity contribution in [2.75, 3.05) is 11.8 Å². The topological polar surface area (TPSA) is 84.5 Å². The molecule has 0 heterocycles. The standard InChI is InChI=1S/C22H21FN2O4S/c1-15(16-6-8-18(23)9-7-16)24-22(26)17-4-3-5-19(14-17)25-30(27,28)21-12-10-20(29-2)11-13-21/h3-15,25H,1-2H3,(H,24,26)/t15-/m1/s1. The van der Waals surface area contributed by atoms with Gasteiger partial charge in [-0.05, 0) is 67.1 Å². The molecule has 0 aliphatic heterocycles. The minimum atomic E-state index is -3.82. The second kappa shape index (κ2) is 8.96. The van der Waals surface area contributed by atoms with Crippen LogP contribution in [0.1, 0.15) is 28.9 Å². The number of benzene rings is 3. The highest BCUT2D eigenvalue weighted by Gasteiger charge is 2.16. The molecule has 6 nitrogen and oxygen atoms in total. The maximum absolute atomic E-state index is 13.1. The van der Waals surface area contributed by atoms with Gasteiger partial charge in [-0.15, -0.1) is 0 Å². The first-order chi connectivity index (χ1) is 14.3. The van der Waals surface area contributed by atoms with E-state index >= 15 is 0 Å². The quantitative estimate of drug-likeness (QED) is 0.593. The molecule has 2 N–H and O–H groups in total. The number of carbonyl (C=O) groups excluding carboxylic acids is 1. The predicted octanol–water partition coefficient (Wildman–Crippen LogP) is 4.13. The van der Waals surface area contributed by atoms with Crippen molar-refractivity contribution in [3.63, 3.8) is 0 Å². The molecule has 3 aromatic carbocycles. The summed E-state index contributed by atoms with van der Waals surface area (Å²) in [6.45, 7) is 1.78. The van der Waals surface area contributed by atoms with Crippen LogP contribution in [-0.4, -0.2) is 21.4 Å². The van der Waals surface area contributed by atoms with Crippen LogP contribution in [-0.2, 0) is 10.0 Å². The van der Waals surface area contributed by atoms with Gasteiger partial charge in [-0.2, -0.15) is 0 Å². The number of amides is 1. The van der Waals surface area contributed by atoms with Gasteiger partial charge in [0.05, 0.1) is 18.0 Å². The van der Waals surface area contributed by atoms with E-state index in [1.54, 1.807) is 49.4 Å². The van der Waals surface area contributed by atoms with E-state index in [0.29, 0.717) is 11.3 Å². The van der Waals surface area contributed by atoms with E-state index in [1.165, 1.54) is 37.4 Å². The highest BCUT2D eigenvalue weighted by atomic mass is 32.2. The third-order valence-corrected chi connectivity index (χ3v) is 5.86. The zero-order valence-electron chi connectivity index (χ0n) is 16.4. The monoisotopic (exact) mass is 428 g/mol. The molecule has 0 spiro atoms. The fourth-order valence-corrected chi connectivity index (χ4v) is 3.86. The van der Waals surface area contributed by atoms with E-state index in [9.17, 15) is 17.6 Å². The normalized spacial score (nSPS) is 12.1. The molecule has 0 fully saturated rings. The Morgan fingerprint density at radius 1 is 1.00 bits per heavy atom. The minimum Gasteiger partial charge on any atom is -0.497 e. The van der Waals surface area contributed by atoms with Crippen LogP contribution in [0.4, 0.5) is 10.1 Å². The lowest BCUT2D eigenvalue weighted by atomic mass is 10.1. The van der Waals surface area contributed by atoms with E-state index in [0.717, 1.165) is 5.56 Å². The summed E-state index contributed by atoms with van der Waals surface area (Å²) in [5, 5.41) is 2.81. The molecular formula is C22H21FN2O4S. The largest absolute Gasteiger partial charge is 0.497 e. The van der Waals surface area contributed by atoms with E-state index < -0.39 is 10.0 Å². The van der Waals surface area contributed by atoms with Crippen LogP contribution in [0, 0.1) is 5.82 Å². The number of halogens is 1. The van der Waals surface area contributed by atoms with Crippen LogP contribution >= 0.6 is 0 Å². The maximum Gasteiger partial charge on any atom is 0.261 e. The molecule has 0 aliphatic carbocycles. The van der Waals surface area contributed by atoms with E-state index in [-0.39, 0.29) is 28.3 Å². The number of rotatable bonds is 7. The van der Waals surface area contributed by atoms with Crippen molar-refractivity contribution in [2.24, 2.45) is 0 Å². The van der Waals surface area contributed by atoms with Crippen LogP contribution in [0.5, 0.6) is 5.75 Å². The maximum atomic E-state index is 13.1. The zero-order chi connectivity index (χ0) is 21.7. The molecule has 0 saturated carbocycles. The van der Waals surface area contributed by atoms with Gasteiger partial charge in [-0.1, -0.05) is 18.2 Å². The molecule has 1 atom stereocenters. The van der Waals surface area contributed by atoms with Gasteiger partial charge in [0.25, 0.3) is 15.9 Å². The van der Waals surface area contributed by atoms with Crippen LogP contribution in [0.3, 0.4) is 0 Å². The Kier molecular flexibility index (Phi) is 6.37. The van der Waals surface area contributed by atoms with Gasteiger partial charge >= 0.3 is 0 Å². The molecule has 30 heavy (non-hydrogen) atoms. The number of nitrogens with one attached hydrogen (secondary N) is 2. The van der Waals surface area contributed by atoms with Crippen LogP contribution in [0.25, 0.3) is 0 Å². The highest BCUT2D eigenvalue weighted by Crippen LogP contribution is 2.20. The number of hydrogen-bond donors (Lipinski definition) is 2. The van der Waals surface area contributed by atoms with Crippen molar-refractivity contribution in [2.45, 2.75) is 17.9 Å². The molecule has 0 aliphatic rings. The van der Waals surface area contributed by atoms with Gasteiger partial charge in [-0.25, -0.2) is 12.8 Å². The molecule has 8 heteroatoms. The summed E-state index contributed by atoms with van der Waals surface area (Å²) < 4.78 is 45.7. The molecular weight excluding hydrogens is 407 g/mol. The summed E-state index contributed by atoms with van der Waals surface area (Å²) in [4.78, 5) is 12.6. The molecule has 3 aromatic rings. The zero-order valence-corrected chi connectivity index (χ0v) is 17.2. The summed E-state index contributed by atoms with van der Waals surface area (Å²) >= 11 is 0. The molecule has 0 unspecified atom stereocenters. The lowest BCUT2D eigenvalue weighted by molar-refractivity contribution is 0.0940. The van der Waals surface area contributed by atoms with Gasteiger partial charge in [0.1, 0.15) is 11.6 Å². The van der Waals surface area contributed by atoms with Gasteiger partial charge in [0.2, 0.25) is 0 Å². The van der Waals surface area contributed by atoms with Gasteiger partial charge in [-0.3, -0.25) is 9.52 Å². The molecule has 156 valence electrons. The van der Waals surface area contributed by atoms with E-state index in [2.05, 4.69) is 10.0 Å². The lowest BCUT2D eigenvalue weighted by Gasteiger charge is -2.15. The molecule has 0 saturated heterocycles. The summed E-state index contributed by atoms with van der Waals surface area (Å²) in [5.41, 5.74) is 1.30. The lowest BCUT2D eigenvalue weighted by Crippen LogP contribution is -2.26. The second-order valence-corrected chi connectivity index (χ2v) is 8.29. The Labute approximate surface area is 174 Å². The Morgan fingerprint density at radius 2 is 1.67 bits per heavy atom. The van der Waals surface area contributed by atoms with Crippen molar-refractivity contribution in [1.29, 1.82) is 0 Å². The first-order valence-corrected chi connectivity index (χ1v) is 10.6. The molecule has 3 rings (SSSR count). The van der Waals surface area contributed by atoms with Crippen LogP contribution in [0.2, 0.25) is 0 Å². The molecule has 0 radical (unpaired) electrons. The molecule has 0 aromatic heterocycles. The fourth-order valence-electron chi connectivity index (χ4n) is 2.81. The fraction of sp³-hybridized carbons (Fsp3) is 0.136. The average Bonchev–Trinajstić information content (AvgIpc) is 2.74. The highest BCUT2D eigenvalue weighted by molar-refractivity contribution is 7.92. The van der Waals surface area contributed by atoms with Gasteiger partial charge in [0, 0.05) is 11.3 Å². The minimum absolute atomic E-state index is 0.0723. The smallest absolute Gasteiger partial charge is 0.261 e. The Balaban J connectivity index is 1.73. The first kappa shape index (κ1) is 21.3. The van der Waals surface area contributed by atoms with Crippen LogP contribution in [0.15, 0.2) is 77.7 Å². The number of methoxy groups -OCH3 is 1. The van der Waals surface area contributed by atoms with Crippen molar-refractivity contribution in [1.82, 2.24) is 5.32 Å². The van der Waals surface area contributed by atoms with Crippen molar-refractivity contribution >= 4 is 21.6 Å². The molecule has 0 bridgehead atoms. The third kappa shape index (κ3) is 5.15. The number of carbonyl (C=O) groups is 1. The Bertz CT molecular complexity index is 1130. The average molecular weight is 428 g/mol. The SMILES string of the molecule is COc1ccc(S(=O)(=O)Nc2cccc(C(=O)N[C@H](C)c3ccc(F)cc3)c2)cc1. The van der Waals surface area contributed by atoms with Crippen molar-refractivity contribution in [3.8, 4) is 5.75 Å².